The molecule has 1 aliphatic rings. The lowest BCUT2D eigenvalue weighted by Crippen LogP contribution is -2.41. The molecule has 0 spiro atoms. The number of nitrogens with one attached hydrogen (secondary N) is 1. The topological polar surface area (TPSA) is 101 Å². The monoisotopic (exact) mass is 498 g/mol. The van der Waals surface area contributed by atoms with E-state index in [2.05, 4.69) is 15.3 Å². The van der Waals surface area contributed by atoms with Crippen LogP contribution < -0.4 is 10.1 Å². The number of aromatic nitrogens is 2. The highest BCUT2D eigenvalue weighted by molar-refractivity contribution is 7.99. The first-order chi connectivity index (χ1) is 16.4. The van der Waals surface area contributed by atoms with Crippen molar-refractivity contribution < 1.29 is 17.9 Å². The van der Waals surface area contributed by atoms with Gasteiger partial charge in [-0.15, -0.1) is 0 Å². The number of nitrogens with zero attached hydrogens (tertiary/aromatic N) is 3. The van der Waals surface area contributed by atoms with Crippen molar-refractivity contribution in [2.45, 2.75) is 34.7 Å². The Kier molecular flexibility index (Phi) is 7.50. The quantitative estimate of drug-likeness (QED) is 0.492. The van der Waals surface area contributed by atoms with Crippen LogP contribution in [0.1, 0.15) is 18.4 Å². The molecule has 1 N–H and O–H groups in total. The highest BCUT2D eigenvalue weighted by Gasteiger charge is 2.32. The van der Waals surface area contributed by atoms with Crippen molar-refractivity contribution in [2.75, 3.05) is 25.5 Å². The molecule has 0 unspecified atom stereocenters. The van der Waals surface area contributed by atoms with Crippen molar-refractivity contribution in [2.24, 2.45) is 5.92 Å². The fourth-order valence-corrected chi connectivity index (χ4v) is 6.05. The number of sulfonamides is 1. The summed E-state index contributed by atoms with van der Waals surface area (Å²) in [4.78, 5) is 22.5. The molecule has 1 aromatic heterocycles. The van der Waals surface area contributed by atoms with E-state index in [0.717, 1.165) is 16.1 Å². The van der Waals surface area contributed by atoms with Gasteiger partial charge in [-0.25, -0.2) is 18.4 Å². The Balaban J connectivity index is 1.34. The lowest BCUT2D eigenvalue weighted by molar-refractivity contribution is -0.120. The second kappa shape index (κ2) is 10.5. The van der Waals surface area contributed by atoms with E-state index in [1.54, 1.807) is 42.7 Å². The maximum Gasteiger partial charge on any atom is 0.243 e. The first kappa shape index (κ1) is 24.2. The molecule has 2 aromatic carbocycles. The summed E-state index contributed by atoms with van der Waals surface area (Å²) in [5.41, 5.74) is 1.69. The van der Waals surface area contributed by atoms with Crippen LogP contribution in [0, 0.1) is 12.8 Å². The van der Waals surface area contributed by atoms with Gasteiger partial charge < -0.3 is 10.1 Å². The van der Waals surface area contributed by atoms with Crippen LogP contribution in [0.2, 0.25) is 0 Å². The highest BCUT2D eigenvalue weighted by Crippen LogP contribution is 2.29. The third-order valence-electron chi connectivity index (χ3n) is 5.73. The maximum atomic E-state index is 12.9. The number of carbonyl (C=O) groups excluding carboxylic acids is 1. The Bertz CT molecular complexity index is 1240. The lowest BCUT2D eigenvalue weighted by atomic mass is 9.97. The molecule has 0 bridgehead atoms. The molecule has 1 saturated heterocycles. The third-order valence-corrected chi connectivity index (χ3v) is 8.52. The molecule has 0 radical (unpaired) electrons. The molecule has 34 heavy (non-hydrogen) atoms. The van der Waals surface area contributed by atoms with E-state index in [9.17, 15) is 13.2 Å². The van der Waals surface area contributed by atoms with Gasteiger partial charge in [0.25, 0.3) is 0 Å². The summed E-state index contributed by atoms with van der Waals surface area (Å²) in [6, 6.07) is 13.9. The minimum absolute atomic E-state index is 0.0867. The van der Waals surface area contributed by atoms with Gasteiger partial charge in [-0.1, -0.05) is 0 Å². The summed E-state index contributed by atoms with van der Waals surface area (Å²) in [6.45, 7) is 2.55. The summed E-state index contributed by atoms with van der Waals surface area (Å²) in [5, 5.41) is 3.67. The second-order valence-corrected chi connectivity index (χ2v) is 10.9. The molecule has 10 heteroatoms. The highest BCUT2D eigenvalue weighted by atomic mass is 32.2. The third kappa shape index (κ3) is 5.57. The van der Waals surface area contributed by atoms with E-state index in [0.29, 0.717) is 36.8 Å². The van der Waals surface area contributed by atoms with E-state index >= 15 is 0 Å². The first-order valence-electron chi connectivity index (χ1n) is 10.9. The van der Waals surface area contributed by atoms with E-state index in [1.807, 2.05) is 25.1 Å². The predicted molar refractivity (Wildman–Crippen MR) is 130 cm³/mol. The van der Waals surface area contributed by atoms with Crippen LogP contribution >= 0.6 is 11.8 Å². The first-order valence-corrected chi connectivity index (χ1v) is 13.1. The van der Waals surface area contributed by atoms with Gasteiger partial charge in [-0.05, 0) is 85.6 Å². The number of amides is 1. The van der Waals surface area contributed by atoms with Gasteiger partial charge in [-0.3, -0.25) is 4.79 Å². The van der Waals surface area contributed by atoms with Crippen molar-refractivity contribution in [3.8, 4) is 5.75 Å². The zero-order chi connectivity index (χ0) is 24.1. The van der Waals surface area contributed by atoms with Crippen molar-refractivity contribution >= 4 is 33.4 Å². The molecule has 4 rings (SSSR count). The van der Waals surface area contributed by atoms with E-state index in [4.69, 9.17) is 4.74 Å². The molecule has 0 aliphatic carbocycles. The number of anilines is 1. The van der Waals surface area contributed by atoms with Gasteiger partial charge in [0.2, 0.25) is 15.9 Å². The van der Waals surface area contributed by atoms with Crippen LogP contribution in [0.3, 0.4) is 0 Å². The molecule has 1 aliphatic heterocycles. The number of hydrogen-bond acceptors (Lipinski definition) is 7. The normalized spacial score (nSPS) is 15.1. The Hall–Kier alpha value is -2.95. The Morgan fingerprint density at radius 3 is 2.38 bits per heavy atom. The molecule has 2 heterocycles. The van der Waals surface area contributed by atoms with E-state index in [1.165, 1.54) is 23.2 Å². The van der Waals surface area contributed by atoms with Gasteiger partial charge in [0, 0.05) is 42.0 Å². The zero-order valence-corrected chi connectivity index (χ0v) is 20.6. The number of piperidine rings is 1. The number of hydrogen-bond donors (Lipinski definition) is 1. The standard InChI is InChI=1S/C24H26N4O4S2/c1-17-16-20(33-24-25-12-3-13-26-24)6-9-22(17)27-23(29)18-10-14-28(15-11-18)34(30,31)21-7-4-19(32-2)5-8-21/h3-9,12-13,16,18H,10-11,14-15H2,1-2H3,(H,27,29). The predicted octanol–water partition coefficient (Wildman–Crippen LogP) is 3.98. The number of aryl methyl sites for hydroxylation is 1. The average Bonchev–Trinajstić information content (AvgIpc) is 2.86. The summed E-state index contributed by atoms with van der Waals surface area (Å²) in [7, 11) is -2.06. The van der Waals surface area contributed by atoms with Crippen LogP contribution in [0.5, 0.6) is 5.75 Å². The summed E-state index contributed by atoms with van der Waals surface area (Å²) in [6.07, 6.45) is 4.34. The fourth-order valence-electron chi connectivity index (χ4n) is 3.77. The largest absolute Gasteiger partial charge is 0.497 e. The summed E-state index contributed by atoms with van der Waals surface area (Å²) in [5.74, 6) is 0.273. The number of methoxy groups -OCH3 is 1. The van der Waals surface area contributed by atoms with Crippen LogP contribution in [-0.4, -0.2) is 48.8 Å². The summed E-state index contributed by atoms with van der Waals surface area (Å²) >= 11 is 1.46. The molecule has 3 aromatic rings. The molecule has 8 nitrogen and oxygen atoms in total. The maximum absolute atomic E-state index is 12.9. The molecule has 1 fully saturated rings. The minimum Gasteiger partial charge on any atom is -0.497 e. The Morgan fingerprint density at radius 2 is 1.76 bits per heavy atom. The van der Waals surface area contributed by atoms with Gasteiger partial charge in [-0.2, -0.15) is 4.31 Å². The molecular weight excluding hydrogens is 472 g/mol. The van der Waals surface area contributed by atoms with Crippen molar-refractivity contribution in [3.05, 3.63) is 66.5 Å². The van der Waals surface area contributed by atoms with Crippen LogP contribution in [0.15, 0.2) is 75.9 Å². The smallest absolute Gasteiger partial charge is 0.243 e. The SMILES string of the molecule is COc1ccc(S(=O)(=O)N2CCC(C(=O)Nc3ccc(Sc4ncccn4)cc3C)CC2)cc1. The fraction of sp³-hybridized carbons (Fsp3) is 0.292. The number of rotatable bonds is 7. The average molecular weight is 499 g/mol. The van der Waals surface area contributed by atoms with E-state index < -0.39 is 10.0 Å². The molecule has 0 saturated carbocycles. The lowest BCUT2D eigenvalue weighted by Gasteiger charge is -2.30. The van der Waals surface area contributed by atoms with Crippen molar-refractivity contribution in [1.82, 2.24) is 14.3 Å². The number of ether oxygens (including phenoxy) is 1. The second-order valence-electron chi connectivity index (χ2n) is 7.95. The Morgan fingerprint density at radius 1 is 1.09 bits per heavy atom. The van der Waals surface area contributed by atoms with Crippen LogP contribution in [0.25, 0.3) is 0 Å². The van der Waals surface area contributed by atoms with Crippen molar-refractivity contribution in [3.63, 3.8) is 0 Å². The summed E-state index contributed by atoms with van der Waals surface area (Å²) < 4.78 is 32.4. The van der Waals surface area contributed by atoms with Crippen LogP contribution in [0.4, 0.5) is 5.69 Å². The van der Waals surface area contributed by atoms with Crippen molar-refractivity contribution in [1.29, 1.82) is 0 Å². The van der Waals surface area contributed by atoms with Gasteiger partial charge in [0.05, 0.1) is 12.0 Å². The molecule has 0 atom stereocenters. The molecular formula is C24H26N4O4S2. The number of carbonyl (C=O) groups is 1. The molecule has 1 amide bonds. The minimum atomic E-state index is -3.60. The number of benzene rings is 2. The van der Waals surface area contributed by atoms with Gasteiger partial charge in [0.15, 0.2) is 5.16 Å². The van der Waals surface area contributed by atoms with Gasteiger partial charge >= 0.3 is 0 Å². The van der Waals surface area contributed by atoms with E-state index in [-0.39, 0.29) is 16.7 Å². The molecule has 178 valence electrons. The zero-order valence-electron chi connectivity index (χ0n) is 19.0. The van der Waals surface area contributed by atoms with Gasteiger partial charge in [0.1, 0.15) is 5.75 Å². The van der Waals surface area contributed by atoms with Crippen LogP contribution in [-0.2, 0) is 14.8 Å². The Labute approximate surface area is 203 Å².